The summed E-state index contributed by atoms with van der Waals surface area (Å²) in [6.45, 7) is 3.91. The lowest BCUT2D eigenvalue weighted by atomic mass is 10.0. The van der Waals surface area contributed by atoms with Crippen LogP contribution in [0.15, 0.2) is 24.3 Å². The third-order valence-corrected chi connectivity index (χ3v) is 5.34. The van der Waals surface area contributed by atoms with Gasteiger partial charge in [0, 0.05) is 23.2 Å². The average Bonchev–Trinajstić information content (AvgIpc) is 2.76. The van der Waals surface area contributed by atoms with Gasteiger partial charge in [-0.15, -0.1) is 11.3 Å². The molecule has 19 heavy (non-hydrogen) atoms. The maximum Gasteiger partial charge on any atom is 0.265 e. The zero-order chi connectivity index (χ0) is 13.4. The number of piperidine rings is 1. The summed E-state index contributed by atoms with van der Waals surface area (Å²) >= 11 is 7.87. The van der Waals surface area contributed by atoms with Gasteiger partial charge in [0.05, 0.1) is 5.02 Å². The van der Waals surface area contributed by atoms with Crippen LogP contribution in [0.4, 0.5) is 0 Å². The highest BCUT2D eigenvalue weighted by molar-refractivity contribution is 7.21. The zero-order valence-electron chi connectivity index (χ0n) is 10.9. The average molecular weight is 294 g/mol. The molecule has 0 N–H and O–H groups in total. The molecule has 0 aliphatic carbocycles. The Morgan fingerprint density at radius 1 is 1.42 bits per heavy atom. The second-order valence-electron chi connectivity index (χ2n) is 5.24. The van der Waals surface area contributed by atoms with E-state index < -0.39 is 0 Å². The van der Waals surface area contributed by atoms with Crippen molar-refractivity contribution in [3.8, 4) is 0 Å². The first-order valence-corrected chi connectivity index (χ1v) is 7.82. The lowest BCUT2D eigenvalue weighted by Gasteiger charge is -2.30. The van der Waals surface area contributed by atoms with Crippen LogP contribution in [0.25, 0.3) is 10.1 Å². The number of fused-ring (bicyclic) bond motifs is 1. The highest BCUT2D eigenvalue weighted by atomic mass is 35.5. The number of benzene rings is 1. The van der Waals surface area contributed by atoms with Crippen molar-refractivity contribution in [3.63, 3.8) is 0 Å². The fourth-order valence-corrected chi connectivity index (χ4v) is 4.15. The number of carbonyl (C=O) groups is 1. The molecule has 0 bridgehead atoms. The van der Waals surface area contributed by atoms with Gasteiger partial charge in [-0.05, 0) is 24.8 Å². The highest BCUT2D eigenvalue weighted by Crippen LogP contribution is 2.36. The largest absolute Gasteiger partial charge is 0.338 e. The van der Waals surface area contributed by atoms with Crippen LogP contribution >= 0.6 is 22.9 Å². The molecule has 1 fully saturated rings. The molecule has 3 rings (SSSR count). The number of halogens is 1. The van der Waals surface area contributed by atoms with Crippen LogP contribution < -0.4 is 0 Å². The Labute approximate surface area is 122 Å². The SMILES string of the molecule is CC1CCCN(C(=O)c2sc3ccccc3c2Cl)C1. The summed E-state index contributed by atoms with van der Waals surface area (Å²) < 4.78 is 1.08. The van der Waals surface area contributed by atoms with Gasteiger partial charge in [0.1, 0.15) is 4.88 Å². The topological polar surface area (TPSA) is 20.3 Å². The van der Waals surface area contributed by atoms with Crippen LogP contribution in [0.5, 0.6) is 0 Å². The highest BCUT2D eigenvalue weighted by Gasteiger charge is 2.25. The van der Waals surface area contributed by atoms with Crippen LogP contribution in [0.2, 0.25) is 5.02 Å². The predicted octanol–water partition coefficient (Wildman–Crippen LogP) is 4.43. The lowest BCUT2D eigenvalue weighted by Crippen LogP contribution is -2.38. The summed E-state index contributed by atoms with van der Waals surface area (Å²) in [5.74, 6) is 0.684. The van der Waals surface area contributed by atoms with Crippen LogP contribution in [-0.2, 0) is 0 Å². The fourth-order valence-electron chi connectivity index (χ4n) is 2.67. The van der Waals surface area contributed by atoms with E-state index in [2.05, 4.69) is 6.92 Å². The van der Waals surface area contributed by atoms with Crippen molar-refractivity contribution in [2.24, 2.45) is 5.92 Å². The van der Waals surface area contributed by atoms with Crippen molar-refractivity contribution in [2.75, 3.05) is 13.1 Å². The van der Waals surface area contributed by atoms with E-state index in [0.717, 1.165) is 29.6 Å². The Morgan fingerprint density at radius 3 is 2.95 bits per heavy atom. The maximum atomic E-state index is 12.6. The molecule has 0 radical (unpaired) electrons. The van der Waals surface area contributed by atoms with E-state index in [1.165, 1.54) is 17.8 Å². The lowest BCUT2D eigenvalue weighted by molar-refractivity contribution is 0.0688. The minimum atomic E-state index is 0.0951. The molecule has 1 aromatic carbocycles. The number of amides is 1. The summed E-state index contributed by atoms with van der Waals surface area (Å²) in [5.41, 5.74) is 0. The Hall–Kier alpha value is -1.06. The third kappa shape index (κ3) is 2.37. The molecule has 2 aromatic rings. The molecule has 2 nitrogen and oxygen atoms in total. The molecule has 1 atom stereocenters. The number of carbonyl (C=O) groups excluding carboxylic acids is 1. The van der Waals surface area contributed by atoms with Gasteiger partial charge >= 0.3 is 0 Å². The predicted molar refractivity (Wildman–Crippen MR) is 81.1 cm³/mol. The van der Waals surface area contributed by atoms with Crippen molar-refractivity contribution >= 4 is 38.9 Å². The molecule has 100 valence electrons. The molecule has 1 aliphatic rings. The fraction of sp³-hybridized carbons (Fsp3) is 0.400. The summed E-state index contributed by atoms with van der Waals surface area (Å²) in [5, 5.41) is 1.60. The monoisotopic (exact) mass is 293 g/mol. The Kier molecular flexibility index (Phi) is 3.50. The molecule has 2 heterocycles. The first-order valence-electron chi connectivity index (χ1n) is 6.63. The Morgan fingerprint density at radius 2 is 2.21 bits per heavy atom. The van der Waals surface area contributed by atoms with Crippen LogP contribution in [-0.4, -0.2) is 23.9 Å². The number of hydrogen-bond acceptors (Lipinski definition) is 2. The quantitative estimate of drug-likeness (QED) is 0.762. The van der Waals surface area contributed by atoms with Crippen molar-refractivity contribution in [1.29, 1.82) is 0 Å². The molecule has 1 unspecified atom stereocenters. The van der Waals surface area contributed by atoms with E-state index in [-0.39, 0.29) is 5.91 Å². The molecule has 0 saturated carbocycles. The third-order valence-electron chi connectivity index (χ3n) is 3.67. The number of nitrogens with zero attached hydrogens (tertiary/aromatic N) is 1. The number of likely N-dealkylation sites (tertiary alicyclic amines) is 1. The number of hydrogen-bond donors (Lipinski definition) is 0. The molecule has 1 amide bonds. The second kappa shape index (κ2) is 5.14. The van der Waals surface area contributed by atoms with Gasteiger partial charge in [-0.25, -0.2) is 0 Å². The van der Waals surface area contributed by atoms with Gasteiger partial charge in [-0.1, -0.05) is 36.7 Å². The van der Waals surface area contributed by atoms with Gasteiger partial charge in [-0.2, -0.15) is 0 Å². The number of rotatable bonds is 1. The summed E-state index contributed by atoms with van der Waals surface area (Å²) in [7, 11) is 0. The first kappa shape index (κ1) is 12.9. The van der Waals surface area contributed by atoms with E-state index in [9.17, 15) is 4.79 Å². The van der Waals surface area contributed by atoms with E-state index in [1.54, 1.807) is 0 Å². The molecular formula is C15H16ClNOS. The minimum Gasteiger partial charge on any atom is -0.338 e. The smallest absolute Gasteiger partial charge is 0.265 e. The normalized spacial score (nSPS) is 19.9. The summed E-state index contributed by atoms with van der Waals surface area (Å²) in [6, 6.07) is 7.93. The van der Waals surface area contributed by atoms with E-state index in [1.807, 2.05) is 29.2 Å². The molecular weight excluding hydrogens is 278 g/mol. The van der Waals surface area contributed by atoms with E-state index in [0.29, 0.717) is 15.8 Å². The standard InChI is InChI=1S/C15H16ClNOS/c1-10-5-4-8-17(9-10)15(18)14-13(16)11-6-2-3-7-12(11)19-14/h2-3,6-7,10H,4-5,8-9H2,1H3. The summed E-state index contributed by atoms with van der Waals surface area (Å²) in [6.07, 6.45) is 2.30. The van der Waals surface area contributed by atoms with Crippen LogP contribution in [0, 0.1) is 5.92 Å². The van der Waals surface area contributed by atoms with Crippen molar-refractivity contribution in [2.45, 2.75) is 19.8 Å². The van der Waals surface area contributed by atoms with Gasteiger partial charge < -0.3 is 4.90 Å². The maximum absolute atomic E-state index is 12.6. The van der Waals surface area contributed by atoms with Gasteiger partial charge in [0.15, 0.2) is 0 Å². The number of thiophene rings is 1. The Balaban J connectivity index is 1.95. The van der Waals surface area contributed by atoms with Crippen molar-refractivity contribution < 1.29 is 4.79 Å². The summed E-state index contributed by atoms with van der Waals surface area (Å²) in [4.78, 5) is 15.2. The van der Waals surface area contributed by atoms with E-state index in [4.69, 9.17) is 11.6 Å². The zero-order valence-corrected chi connectivity index (χ0v) is 12.4. The first-order chi connectivity index (χ1) is 9.16. The second-order valence-corrected chi connectivity index (χ2v) is 6.67. The van der Waals surface area contributed by atoms with Gasteiger partial charge in [0.2, 0.25) is 0 Å². The van der Waals surface area contributed by atoms with Crippen molar-refractivity contribution in [1.82, 2.24) is 4.90 Å². The van der Waals surface area contributed by atoms with Gasteiger partial charge in [-0.3, -0.25) is 4.79 Å². The molecule has 1 aliphatic heterocycles. The van der Waals surface area contributed by atoms with Crippen molar-refractivity contribution in [3.05, 3.63) is 34.2 Å². The Bertz CT molecular complexity index is 622. The molecule has 0 spiro atoms. The molecule has 1 saturated heterocycles. The minimum absolute atomic E-state index is 0.0951. The van der Waals surface area contributed by atoms with Gasteiger partial charge in [0.25, 0.3) is 5.91 Å². The van der Waals surface area contributed by atoms with E-state index >= 15 is 0 Å². The van der Waals surface area contributed by atoms with Crippen LogP contribution in [0.1, 0.15) is 29.4 Å². The molecule has 1 aromatic heterocycles. The van der Waals surface area contributed by atoms with Crippen LogP contribution in [0.3, 0.4) is 0 Å². The molecule has 4 heteroatoms.